The number of aromatic nitrogens is 3. The van der Waals surface area contributed by atoms with Crippen LogP contribution >= 0.6 is 0 Å². The molecule has 1 fully saturated rings. The van der Waals surface area contributed by atoms with Gasteiger partial charge in [-0.05, 0) is 30.7 Å². The summed E-state index contributed by atoms with van der Waals surface area (Å²) in [5.41, 5.74) is 2.35. The van der Waals surface area contributed by atoms with Crippen molar-refractivity contribution in [3.63, 3.8) is 0 Å². The summed E-state index contributed by atoms with van der Waals surface area (Å²) in [6.07, 6.45) is 9.25. The van der Waals surface area contributed by atoms with E-state index in [9.17, 15) is 9.18 Å². The predicted octanol–water partition coefficient (Wildman–Crippen LogP) is 4.12. The Morgan fingerprint density at radius 3 is 2.78 bits per heavy atom. The summed E-state index contributed by atoms with van der Waals surface area (Å²) in [5.74, 6) is -0.0642. The van der Waals surface area contributed by atoms with Crippen molar-refractivity contribution in [2.24, 2.45) is 5.41 Å². The number of urea groups is 1. The minimum absolute atomic E-state index is 0.114. The second-order valence-corrected chi connectivity index (χ2v) is 8.49. The van der Waals surface area contributed by atoms with E-state index in [-0.39, 0.29) is 17.5 Å². The van der Waals surface area contributed by atoms with Gasteiger partial charge in [-0.2, -0.15) is 5.10 Å². The Morgan fingerprint density at radius 2 is 2.00 bits per heavy atom. The third-order valence-corrected chi connectivity index (χ3v) is 5.50. The summed E-state index contributed by atoms with van der Waals surface area (Å²) in [7, 11) is 0. The van der Waals surface area contributed by atoms with Gasteiger partial charge < -0.3 is 5.32 Å². The first-order chi connectivity index (χ1) is 12.9. The van der Waals surface area contributed by atoms with Crippen molar-refractivity contribution in [1.29, 1.82) is 0 Å². The molecule has 2 aromatic heterocycles. The number of fused-ring (bicyclic) bond motifs is 1. The molecule has 6 nitrogen and oxygen atoms in total. The van der Waals surface area contributed by atoms with Gasteiger partial charge in [-0.3, -0.25) is 10.00 Å². The molecule has 3 heterocycles. The van der Waals surface area contributed by atoms with E-state index in [2.05, 4.69) is 34.6 Å². The lowest BCUT2D eigenvalue weighted by atomic mass is 9.89. The van der Waals surface area contributed by atoms with E-state index in [4.69, 9.17) is 0 Å². The van der Waals surface area contributed by atoms with Crippen molar-refractivity contribution in [3.8, 4) is 11.1 Å². The Bertz CT molecular complexity index is 854. The molecule has 2 N–H and O–H groups in total. The fraction of sp³-hybridized carbons (Fsp3) is 0.550. The molecule has 144 valence electrons. The summed E-state index contributed by atoms with van der Waals surface area (Å²) >= 11 is 0. The Balaban J connectivity index is 1.52. The van der Waals surface area contributed by atoms with Crippen LogP contribution in [0.1, 0.15) is 51.6 Å². The fourth-order valence-corrected chi connectivity index (χ4v) is 4.17. The molecule has 0 unspecified atom stereocenters. The topological polar surface area (TPSA) is 71.8 Å². The molecule has 2 amide bonds. The molecule has 0 saturated heterocycles. The van der Waals surface area contributed by atoms with Crippen molar-refractivity contribution in [1.82, 2.24) is 20.1 Å². The molecule has 1 aliphatic heterocycles. The maximum Gasteiger partial charge on any atom is 0.320 e. The maximum atomic E-state index is 14.5. The van der Waals surface area contributed by atoms with Crippen molar-refractivity contribution < 1.29 is 9.18 Å². The maximum absolute atomic E-state index is 14.5. The molecule has 0 atom stereocenters. The monoisotopic (exact) mass is 371 g/mol. The second kappa shape index (κ2) is 6.94. The largest absolute Gasteiger partial charge is 0.335 e. The molecule has 7 heteroatoms. The van der Waals surface area contributed by atoms with Crippen molar-refractivity contribution >= 4 is 11.8 Å². The van der Waals surface area contributed by atoms with Gasteiger partial charge in [-0.1, -0.05) is 33.1 Å². The van der Waals surface area contributed by atoms with E-state index >= 15 is 0 Å². The molecular formula is C20H26FN5O. The van der Waals surface area contributed by atoms with Gasteiger partial charge in [0.1, 0.15) is 11.6 Å². The highest BCUT2D eigenvalue weighted by molar-refractivity contribution is 5.89. The molecule has 1 saturated carbocycles. The third kappa shape index (κ3) is 3.82. The number of nitrogens with zero attached hydrogens (tertiary/aromatic N) is 3. The van der Waals surface area contributed by atoms with Crippen LogP contribution in [-0.2, 0) is 13.0 Å². The Morgan fingerprint density at radius 1 is 1.22 bits per heavy atom. The summed E-state index contributed by atoms with van der Waals surface area (Å²) < 4.78 is 16.4. The van der Waals surface area contributed by atoms with Crippen LogP contribution in [-0.4, -0.2) is 26.8 Å². The normalized spacial score (nSPS) is 18.9. The number of nitrogens with one attached hydrogen (secondary N) is 2. The van der Waals surface area contributed by atoms with E-state index in [0.29, 0.717) is 11.4 Å². The molecule has 0 bridgehead atoms. The highest BCUT2D eigenvalue weighted by atomic mass is 19.1. The number of halogens is 1. The minimum atomic E-state index is -0.409. The second-order valence-electron chi connectivity index (χ2n) is 8.49. The van der Waals surface area contributed by atoms with Gasteiger partial charge in [0.2, 0.25) is 0 Å². The minimum Gasteiger partial charge on any atom is -0.335 e. The van der Waals surface area contributed by atoms with Crippen LogP contribution in [0.25, 0.3) is 11.1 Å². The van der Waals surface area contributed by atoms with E-state index in [0.717, 1.165) is 56.1 Å². The van der Waals surface area contributed by atoms with Gasteiger partial charge in [0, 0.05) is 29.4 Å². The molecule has 1 aliphatic carbocycles. The van der Waals surface area contributed by atoms with E-state index in [1.165, 1.54) is 6.42 Å². The first kappa shape index (κ1) is 17.9. The van der Waals surface area contributed by atoms with Crippen LogP contribution in [0.5, 0.6) is 0 Å². The summed E-state index contributed by atoms with van der Waals surface area (Å²) in [6, 6.07) is 1.52. The van der Waals surface area contributed by atoms with E-state index in [1.54, 1.807) is 12.3 Å². The standard InChI is InChI=1S/C20H26FN5O/c1-20(2)9-17-15(10-23-26(17)12-20)14-8-18(22-11-16(14)21)25-19(27)24-13-6-4-3-5-7-13/h8,10-11,13H,3-7,9,12H2,1-2H3,(H2,22,24,25,27). The highest BCUT2D eigenvalue weighted by Crippen LogP contribution is 2.37. The van der Waals surface area contributed by atoms with Crippen LogP contribution in [0.3, 0.4) is 0 Å². The number of anilines is 1. The molecular weight excluding hydrogens is 345 g/mol. The lowest BCUT2D eigenvalue weighted by molar-refractivity contribution is 0.244. The number of amides is 2. The summed E-state index contributed by atoms with van der Waals surface area (Å²) in [5, 5.41) is 10.1. The number of rotatable bonds is 3. The SMILES string of the molecule is CC1(C)Cc2c(-c3cc(NC(=O)NC4CCCCC4)ncc3F)cnn2C1. The van der Waals surface area contributed by atoms with Crippen LogP contribution < -0.4 is 10.6 Å². The molecule has 0 aromatic carbocycles. The Kier molecular flexibility index (Phi) is 4.61. The molecule has 2 aliphatic rings. The molecule has 0 radical (unpaired) electrons. The third-order valence-electron chi connectivity index (χ3n) is 5.50. The van der Waals surface area contributed by atoms with Crippen molar-refractivity contribution in [3.05, 3.63) is 30.0 Å². The van der Waals surface area contributed by atoms with Gasteiger partial charge in [-0.25, -0.2) is 14.2 Å². The number of pyridine rings is 1. The van der Waals surface area contributed by atoms with Crippen molar-refractivity contribution in [2.75, 3.05) is 5.32 Å². The lowest BCUT2D eigenvalue weighted by Crippen LogP contribution is -2.39. The van der Waals surface area contributed by atoms with Crippen LogP contribution in [0.4, 0.5) is 15.0 Å². The fourth-order valence-electron chi connectivity index (χ4n) is 4.17. The van der Waals surface area contributed by atoms with Gasteiger partial charge in [-0.15, -0.1) is 0 Å². The number of carbonyl (C=O) groups is 1. The molecule has 2 aromatic rings. The summed E-state index contributed by atoms with van der Waals surface area (Å²) in [4.78, 5) is 16.3. The lowest BCUT2D eigenvalue weighted by Gasteiger charge is -2.22. The Labute approximate surface area is 158 Å². The average Bonchev–Trinajstić information content (AvgIpc) is 3.12. The first-order valence-corrected chi connectivity index (χ1v) is 9.69. The quantitative estimate of drug-likeness (QED) is 0.852. The van der Waals surface area contributed by atoms with Crippen molar-refractivity contribution in [2.45, 2.75) is 65.0 Å². The number of carbonyl (C=O) groups excluding carboxylic acids is 1. The first-order valence-electron chi connectivity index (χ1n) is 9.69. The molecule has 4 rings (SSSR count). The van der Waals surface area contributed by atoms with E-state index in [1.807, 2.05) is 4.68 Å². The molecule has 27 heavy (non-hydrogen) atoms. The zero-order valence-corrected chi connectivity index (χ0v) is 15.9. The van der Waals surface area contributed by atoms with Crippen LogP contribution in [0.2, 0.25) is 0 Å². The Hall–Kier alpha value is -2.44. The van der Waals surface area contributed by atoms with Gasteiger partial charge in [0.15, 0.2) is 0 Å². The predicted molar refractivity (Wildman–Crippen MR) is 102 cm³/mol. The number of hydrogen-bond donors (Lipinski definition) is 2. The molecule has 0 spiro atoms. The highest BCUT2D eigenvalue weighted by Gasteiger charge is 2.32. The zero-order chi connectivity index (χ0) is 19.0. The van der Waals surface area contributed by atoms with Crippen LogP contribution in [0.15, 0.2) is 18.5 Å². The zero-order valence-electron chi connectivity index (χ0n) is 15.9. The number of hydrogen-bond acceptors (Lipinski definition) is 3. The van der Waals surface area contributed by atoms with E-state index < -0.39 is 5.82 Å². The summed E-state index contributed by atoms with van der Waals surface area (Å²) in [6.45, 7) is 5.18. The van der Waals surface area contributed by atoms with Crippen LogP contribution in [0, 0.1) is 11.2 Å². The smallest absolute Gasteiger partial charge is 0.320 e. The van der Waals surface area contributed by atoms with Gasteiger partial charge >= 0.3 is 6.03 Å². The average molecular weight is 371 g/mol. The van der Waals surface area contributed by atoms with Gasteiger partial charge in [0.25, 0.3) is 0 Å². The van der Waals surface area contributed by atoms with Gasteiger partial charge in [0.05, 0.1) is 12.4 Å².